The van der Waals surface area contributed by atoms with Gasteiger partial charge in [-0.3, -0.25) is 0 Å². The molecule has 1 aromatic heterocycles. The van der Waals surface area contributed by atoms with E-state index in [1.54, 1.807) is 12.1 Å². The number of aromatic hydroxyl groups is 1. The Morgan fingerprint density at radius 3 is 2.71 bits per heavy atom. The molecule has 5 rings (SSSR count). The first-order valence-electron chi connectivity index (χ1n) is 10.8. The number of nitrogens with zero attached hydrogens (tertiary/aromatic N) is 3. The van der Waals surface area contributed by atoms with Gasteiger partial charge >= 0.3 is 0 Å². The molecule has 7 nitrogen and oxygen atoms in total. The van der Waals surface area contributed by atoms with E-state index < -0.39 is 0 Å². The molecule has 2 aliphatic heterocycles. The predicted octanol–water partition coefficient (Wildman–Crippen LogP) is 2.99. The minimum absolute atomic E-state index is 0.174. The number of rotatable bonds is 5. The minimum atomic E-state index is 0.174. The van der Waals surface area contributed by atoms with Gasteiger partial charge in [-0.25, -0.2) is 9.97 Å². The number of ether oxygens (including phenoxy) is 1. The third kappa shape index (κ3) is 4.06. The van der Waals surface area contributed by atoms with E-state index in [1.165, 1.54) is 0 Å². The third-order valence-corrected chi connectivity index (χ3v) is 6.04. The summed E-state index contributed by atoms with van der Waals surface area (Å²) in [6, 6.07) is 15.6. The number of nitrogens with one attached hydrogen (secondary N) is 2. The van der Waals surface area contributed by atoms with Crippen LogP contribution >= 0.6 is 0 Å². The fourth-order valence-corrected chi connectivity index (χ4v) is 4.33. The molecule has 3 aromatic rings. The molecule has 2 atom stereocenters. The van der Waals surface area contributed by atoms with Crippen molar-refractivity contribution in [1.29, 1.82) is 0 Å². The first-order valence-corrected chi connectivity index (χ1v) is 10.8. The van der Waals surface area contributed by atoms with E-state index in [1.807, 2.05) is 36.4 Å². The molecule has 0 bridgehead atoms. The number of phenols is 1. The van der Waals surface area contributed by atoms with E-state index in [2.05, 4.69) is 27.1 Å². The predicted molar refractivity (Wildman–Crippen MR) is 122 cm³/mol. The van der Waals surface area contributed by atoms with Crippen molar-refractivity contribution in [3.8, 4) is 17.1 Å². The topological polar surface area (TPSA) is 82.5 Å². The van der Waals surface area contributed by atoms with Crippen molar-refractivity contribution in [2.45, 2.75) is 18.5 Å². The summed E-state index contributed by atoms with van der Waals surface area (Å²) in [6.07, 6.45) is 0.931. The van der Waals surface area contributed by atoms with E-state index >= 15 is 0 Å². The first kappa shape index (κ1) is 19.8. The maximum atomic E-state index is 10.3. The van der Waals surface area contributed by atoms with Gasteiger partial charge in [-0.2, -0.15) is 0 Å². The average Bonchev–Trinajstić information content (AvgIpc) is 3.28. The lowest BCUT2D eigenvalue weighted by Crippen LogP contribution is -2.41. The Morgan fingerprint density at radius 2 is 1.87 bits per heavy atom. The molecule has 2 aliphatic rings. The molecule has 0 saturated carbocycles. The Bertz CT molecular complexity index is 1100. The summed E-state index contributed by atoms with van der Waals surface area (Å²) in [6.45, 7) is 8.49. The van der Waals surface area contributed by atoms with Crippen LogP contribution in [0.2, 0.25) is 0 Å². The van der Waals surface area contributed by atoms with E-state index in [0.717, 1.165) is 61.7 Å². The number of fused-ring (bicyclic) bond motifs is 1. The lowest BCUT2D eigenvalue weighted by molar-refractivity contribution is 0.0507. The van der Waals surface area contributed by atoms with Gasteiger partial charge in [-0.1, -0.05) is 30.8 Å². The van der Waals surface area contributed by atoms with E-state index in [4.69, 9.17) is 9.72 Å². The third-order valence-electron chi connectivity index (χ3n) is 6.04. The largest absolute Gasteiger partial charge is 0.507 e. The summed E-state index contributed by atoms with van der Waals surface area (Å²) in [7, 11) is 0. The Hall–Kier alpha value is -3.16. The summed E-state index contributed by atoms with van der Waals surface area (Å²) >= 11 is 0. The van der Waals surface area contributed by atoms with Gasteiger partial charge in [0.05, 0.1) is 24.3 Å². The summed E-state index contributed by atoms with van der Waals surface area (Å²) < 4.78 is 5.46. The van der Waals surface area contributed by atoms with Crippen molar-refractivity contribution in [3.63, 3.8) is 0 Å². The van der Waals surface area contributed by atoms with Crippen LogP contribution in [0.5, 0.6) is 5.75 Å². The van der Waals surface area contributed by atoms with Gasteiger partial charge in [0, 0.05) is 42.8 Å². The normalized spacial score (nSPS) is 21.4. The summed E-state index contributed by atoms with van der Waals surface area (Å²) in [5.41, 5.74) is 2.60. The Balaban J connectivity index is 1.39. The van der Waals surface area contributed by atoms with Crippen LogP contribution in [-0.2, 0) is 4.74 Å². The zero-order valence-electron chi connectivity index (χ0n) is 17.4. The van der Waals surface area contributed by atoms with Gasteiger partial charge in [-0.15, -0.1) is 0 Å². The number of aromatic nitrogens is 2. The molecule has 0 aliphatic carbocycles. The fourth-order valence-electron chi connectivity index (χ4n) is 4.33. The van der Waals surface area contributed by atoms with Gasteiger partial charge in [-0.05, 0) is 30.7 Å². The highest BCUT2D eigenvalue weighted by molar-refractivity contribution is 5.91. The first-order chi connectivity index (χ1) is 15.2. The molecule has 7 heteroatoms. The molecule has 2 aromatic carbocycles. The second-order valence-corrected chi connectivity index (χ2v) is 8.06. The van der Waals surface area contributed by atoms with Gasteiger partial charge in [0.25, 0.3) is 0 Å². The number of phenolic OH excluding ortho intramolecular Hbond substituents is 1. The van der Waals surface area contributed by atoms with Crippen LogP contribution in [-0.4, -0.2) is 64.9 Å². The summed E-state index contributed by atoms with van der Waals surface area (Å²) in [5, 5.41) is 18.5. The smallest absolute Gasteiger partial charge is 0.165 e. The van der Waals surface area contributed by atoms with Crippen LogP contribution in [0.1, 0.15) is 6.42 Å². The van der Waals surface area contributed by atoms with Crippen LogP contribution < -0.4 is 10.6 Å². The van der Waals surface area contributed by atoms with Gasteiger partial charge in [0.1, 0.15) is 11.6 Å². The molecule has 2 saturated heterocycles. The van der Waals surface area contributed by atoms with E-state index in [0.29, 0.717) is 11.4 Å². The van der Waals surface area contributed by atoms with Crippen molar-refractivity contribution >= 4 is 16.7 Å². The molecular weight excluding hydrogens is 390 g/mol. The standard InChI is InChI=1S/C24H27N5O2/c1-16(29-10-12-31-13-11-29)21-14-17(15-25-21)26-23-18-6-2-4-8-20(18)27-24(28-23)19-7-3-5-9-22(19)30/h2-9,17,21,25,30H,1,10-15H2,(H,26,27,28)/t17-,21+/m0/s1. The molecule has 31 heavy (non-hydrogen) atoms. The van der Waals surface area contributed by atoms with E-state index in [-0.39, 0.29) is 17.8 Å². The second-order valence-electron chi connectivity index (χ2n) is 8.06. The van der Waals surface area contributed by atoms with Crippen LogP contribution in [0.4, 0.5) is 5.82 Å². The number of benzene rings is 2. The highest BCUT2D eigenvalue weighted by Crippen LogP contribution is 2.31. The summed E-state index contributed by atoms with van der Waals surface area (Å²) in [5.74, 6) is 1.47. The average molecular weight is 418 g/mol. The monoisotopic (exact) mass is 417 g/mol. The maximum Gasteiger partial charge on any atom is 0.165 e. The van der Waals surface area contributed by atoms with Crippen molar-refractivity contribution in [3.05, 3.63) is 60.8 Å². The van der Waals surface area contributed by atoms with Crippen molar-refractivity contribution in [2.75, 3.05) is 38.2 Å². The fraction of sp³-hybridized carbons (Fsp3) is 0.333. The van der Waals surface area contributed by atoms with E-state index in [9.17, 15) is 5.11 Å². The summed E-state index contributed by atoms with van der Waals surface area (Å²) in [4.78, 5) is 11.8. The lowest BCUT2D eigenvalue weighted by atomic mass is 10.1. The zero-order valence-corrected chi connectivity index (χ0v) is 17.4. The molecule has 0 amide bonds. The number of hydrogen-bond donors (Lipinski definition) is 3. The molecule has 0 radical (unpaired) electrons. The highest BCUT2D eigenvalue weighted by atomic mass is 16.5. The Labute approximate surface area is 181 Å². The van der Waals surface area contributed by atoms with Gasteiger partial charge < -0.3 is 25.4 Å². The van der Waals surface area contributed by atoms with Crippen LogP contribution in [0, 0.1) is 0 Å². The number of morpholine rings is 1. The van der Waals surface area contributed by atoms with Crippen molar-refractivity contribution in [2.24, 2.45) is 0 Å². The quantitative estimate of drug-likeness (QED) is 0.589. The molecular formula is C24H27N5O2. The van der Waals surface area contributed by atoms with Crippen LogP contribution in [0.25, 0.3) is 22.3 Å². The zero-order chi connectivity index (χ0) is 21.2. The van der Waals surface area contributed by atoms with Crippen LogP contribution in [0.15, 0.2) is 60.8 Å². The molecule has 3 heterocycles. The van der Waals surface area contributed by atoms with Gasteiger partial charge in [0.2, 0.25) is 0 Å². The minimum Gasteiger partial charge on any atom is -0.507 e. The highest BCUT2D eigenvalue weighted by Gasteiger charge is 2.29. The molecule has 3 N–H and O–H groups in total. The molecule has 0 unspecified atom stereocenters. The Kier molecular flexibility index (Phi) is 5.44. The SMILES string of the molecule is C=C([C@H]1C[C@H](Nc2nc(-c3ccccc3O)nc3ccccc23)CN1)N1CCOCC1. The van der Waals surface area contributed by atoms with Gasteiger partial charge in [0.15, 0.2) is 5.82 Å². The maximum absolute atomic E-state index is 10.3. The van der Waals surface area contributed by atoms with Crippen molar-refractivity contribution in [1.82, 2.24) is 20.2 Å². The van der Waals surface area contributed by atoms with Crippen molar-refractivity contribution < 1.29 is 9.84 Å². The number of hydrogen-bond acceptors (Lipinski definition) is 7. The molecule has 2 fully saturated rings. The number of anilines is 1. The number of para-hydroxylation sites is 2. The molecule has 160 valence electrons. The Morgan fingerprint density at radius 1 is 1.10 bits per heavy atom. The van der Waals surface area contributed by atoms with Crippen LogP contribution in [0.3, 0.4) is 0 Å². The second kappa shape index (κ2) is 8.53. The lowest BCUT2D eigenvalue weighted by Gasteiger charge is -2.33. The molecule has 0 spiro atoms.